The second kappa shape index (κ2) is 9.43. The van der Waals surface area contributed by atoms with E-state index < -0.39 is 15.9 Å². The smallest absolute Gasteiger partial charge is 0.255 e. The van der Waals surface area contributed by atoms with E-state index in [4.69, 9.17) is 0 Å². The van der Waals surface area contributed by atoms with E-state index >= 15 is 0 Å². The Balaban J connectivity index is 1.95. The van der Waals surface area contributed by atoms with Gasteiger partial charge in [-0.15, -0.1) is 0 Å². The summed E-state index contributed by atoms with van der Waals surface area (Å²) in [5.41, 5.74) is 5.26. The average Bonchev–Trinajstić information content (AvgIpc) is 2.62. The van der Waals surface area contributed by atoms with Crippen molar-refractivity contribution in [2.75, 3.05) is 12.8 Å². The Kier molecular flexibility index (Phi) is 7.27. The summed E-state index contributed by atoms with van der Waals surface area (Å²) in [6, 6.07) is 17.0. The van der Waals surface area contributed by atoms with Gasteiger partial charge in [0.05, 0.1) is 19.0 Å². The van der Waals surface area contributed by atoms with E-state index in [-0.39, 0.29) is 13.1 Å². The molecular weight excluding hydrogens is 362 g/mol. The SMILES string of the molecule is CC(C)c1ccc(/C=N\NC(=O)CN(Cc2ccccc2)S(C)(=O)=O)cc1. The number of hydrogen-bond acceptors (Lipinski definition) is 4. The Bertz CT molecular complexity index is 876. The molecule has 144 valence electrons. The highest BCUT2D eigenvalue weighted by atomic mass is 32.2. The Morgan fingerprint density at radius 2 is 1.74 bits per heavy atom. The third kappa shape index (κ3) is 6.96. The molecule has 27 heavy (non-hydrogen) atoms. The summed E-state index contributed by atoms with van der Waals surface area (Å²) < 4.78 is 25.0. The summed E-state index contributed by atoms with van der Waals surface area (Å²) >= 11 is 0. The summed E-state index contributed by atoms with van der Waals surface area (Å²) in [5, 5.41) is 3.91. The minimum Gasteiger partial charge on any atom is -0.272 e. The fourth-order valence-electron chi connectivity index (χ4n) is 2.42. The fraction of sp³-hybridized carbons (Fsp3) is 0.300. The first kappa shape index (κ1) is 20.8. The average molecular weight is 388 g/mol. The van der Waals surface area contributed by atoms with Gasteiger partial charge in [0, 0.05) is 6.54 Å². The number of nitrogens with zero attached hydrogens (tertiary/aromatic N) is 2. The number of hydrogen-bond donors (Lipinski definition) is 1. The standard InChI is InChI=1S/C20H25N3O3S/c1-16(2)19-11-9-17(10-12-19)13-21-22-20(24)15-23(27(3,25)26)14-18-7-5-4-6-8-18/h4-13,16H,14-15H2,1-3H3,(H,22,24)/b21-13-. The minimum absolute atomic E-state index is 0.132. The monoisotopic (exact) mass is 387 g/mol. The third-order valence-corrected chi connectivity index (χ3v) is 5.19. The molecule has 0 radical (unpaired) electrons. The number of carbonyl (C=O) groups excluding carboxylic acids is 1. The summed E-state index contributed by atoms with van der Waals surface area (Å²) in [6.07, 6.45) is 2.62. The summed E-state index contributed by atoms with van der Waals surface area (Å²) in [5.74, 6) is -0.0475. The van der Waals surface area contributed by atoms with Crippen molar-refractivity contribution in [3.63, 3.8) is 0 Å². The second-order valence-corrected chi connectivity index (χ2v) is 8.61. The summed E-state index contributed by atoms with van der Waals surface area (Å²) in [4.78, 5) is 12.1. The third-order valence-electron chi connectivity index (χ3n) is 4.00. The topological polar surface area (TPSA) is 78.8 Å². The lowest BCUT2D eigenvalue weighted by molar-refractivity contribution is -0.121. The van der Waals surface area contributed by atoms with Crippen molar-refractivity contribution in [2.45, 2.75) is 26.3 Å². The molecule has 2 aromatic carbocycles. The number of amides is 1. The molecule has 0 aliphatic carbocycles. The van der Waals surface area contributed by atoms with Crippen LogP contribution in [0.5, 0.6) is 0 Å². The Labute approximate surface area is 161 Å². The van der Waals surface area contributed by atoms with Gasteiger partial charge in [0.2, 0.25) is 10.0 Å². The largest absolute Gasteiger partial charge is 0.272 e. The van der Waals surface area contributed by atoms with E-state index in [9.17, 15) is 13.2 Å². The van der Waals surface area contributed by atoms with Crippen molar-refractivity contribution >= 4 is 22.1 Å². The molecule has 0 bridgehead atoms. The Hall–Kier alpha value is -2.51. The molecule has 0 unspecified atom stereocenters. The number of carbonyl (C=O) groups is 1. The van der Waals surface area contributed by atoms with Crippen molar-refractivity contribution in [2.24, 2.45) is 5.10 Å². The number of hydrazone groups is 1. The fourth-order valence-corrected chi connectivity index (χ4v) is 3.15. The first-order chi connectivity index (χ1) is 12.8. The lowest BCUT2D eigenvalue weighted by Crippen LogP contribution is -2.38. The molecule has 1 N–H and O–H groups in total. The van der Waals surface area contributed by atoms with E-state index in [1.165, 1.54) is 11.8 Å². The van der Waals surface area contributed by atoms with Crippen molar-refractivity contribution in [3.8, 4) is 0 Å². The van der Waals surface area contributed by atoms with Crippen LogP contribution >= 0.6 is 0 Å². The molecule has 0 spiro atoms. The predicted molar refractivity (Wildman–Crippen MR) is 108 cm³/mol. The second-order valence-electron chi connectivity index (χ2n) is 6.63. The molecule has 6 nitrogen and oxygen atoms in total. The van der Waals surface area contributed by atoms with E-state index in [2.05, 4.69) is 24.4 Å². The van der Waals surface area contributed by atoms with Gasteiger partial charge in [0.15, 0.2) is 0 Å². The molecule has 0 atom stereocenters. The number of nitrogens with one attached hydrogen (secondary N) is 1. The van der Waals surface area contributed by atoms with Crippen LogP contribution in [0.4, 0.5) is 0 Å². The number of sulfonamides is 1. The van der Waals surface area contributed by atoms with E-state index in [1.807, 2.05) is 54.6 Å². The molecule has 2 rings (SSSR count). The van der Waals surface area contributed by atoms with Gasteiger partial charge < -0.3 is 0 Å². The van der Waals surface area contributed by atoms with Crippen LogP contribution in [-0.2, 0) is 21.4 Å². The summed E-state index contributed by atoms with van der Waals surface area (Å²) in [6.45, 7) is 4.07. The zero-order chi connectivity index (χ0) is 19.9. The van der Waals surface area contributed by atoms with E-state index in [0.29, 0.717) is 5.92 Å². The van der Waals surface area contributed by atoms with Crippen LogP contribution in [0.15, 0.2) is 59.7 Å². The molecular formula is C20H25N3O3S. The normalized spacial score (nSPS) is 12.0. The van der Waals surface area contributed by atoms with Gasteiger partial charge >= 0.3 is 0 Å². The van der Waals surface area contributed by atoms with Crippen LogP contribution in [0.3, 0.4) is 0 Å². The van der Waals surface area contributed by atoms with Crippen molar-refractivity contribution in [3.05, 3.63) is 71.3 Å². The Morgan fingerprint density at radius 1 is 1.11 bits per heavy atom. The molecule has 7 heteroatoms. The minimum atomic E-state index is -3.53. The quantitative estimate of drug-likeness (QED) is 0.559. The van der Waals surface area contributed by atoms with Crippen LogP contribution in [0.2, 0.25) is 0 Å². The number of benzene rings is 2. The van der Waals surface area contributed by atoms with Crippen LogP contribution in [-0.4, -0.2) is 37.6 Å². The lowest BCUT2D eigenvalue weighted by atomic mass is 10.0. The highest BCUT2D eigenvalue weighted by Gasteiger charge is 2.20. The molecule has 1 amide bonds. The van der Waals surface area contributed by atoms with Gasteiger partial charge in [0.1, 0.15) is 0 Å². The highest BCUT2D eigenvalue weighted by Crippen LogP contribution is 2.13. The van der Waals surface area contributed by atoms with Gasteiger partial charge in [-0.25, -0.2) is 13.8 Å². The molecule has 0 aromatic heterocycles. The highest BCUT2D eigenvalue weighted by molar-refractivity contribution is 7.88. The molecule has 0 aliphatic heterocycles. The zero-order valence-electron chi connectivity index (χ0n) is 15.8. The molecule has 0 fully saturated rings. The summed E-state index contributed by atoms with van der Waals surface area (Å²) in [7, 11) is -3.53. The van der Waals surface area contributed by atoms with Crippen molar-refractivity contribution < 1.29 is 13.2 Å². The van der Waals surface area contributed by atoms with Gasteiger partial charge in [-0.05, 0) is 22.6 Å². The molecule has 0 saturated carbocycles. The van der Waals surface area contributed by atoms with Crippen LogP contribution < -0.4 is 5.43 Å². The van der Waals surface area contributed by atoms with Gasteiger partial charge in [-0.3, -0.25) is 4.79 Å². The zero-order valence-corrected chi connectivity index (χ0v) is 16.6. The maximum absolute atomic E-state index is 12.1. The first-order valence-corrected chi connectivity index (χ1v) is 10.5. The van der Waals surface area contributed by atoms with Crippen molar-refractivity contribution in [1.82, 2.24) is 9.73 Å². The van der Waals surface area contributed by atoms with E-state index in [1.54, 1.807) is 0 Å². The Morgan fingerprint density at radius 3 is 2.30 bits per heavy atom. The predicted octanol–water partition coefficient (Wildman–Crippen LogP) is 2.72. The van der Waals surface area contributed by atoms with Crippen molar-refractivity contribution in [1.29, 1.82) is 0 Å². The van der Waals surface area contributed by atoms with Gasteiger partial charge in [0.25, 0.3) is 5.91 Å². The maximum atomic E-state index is 12.1. The molecule has 2 aromatic rings. The number of rotatable bonds is 8. The maximum Gasteiger partial charge on any atom is 0.255 e. The first-order valence-electron chi connectivity index (χ1n) is 8.66. The molecule has 0 saturated heterocycles. The van der Waals surface area contributed by atoms with Gasteiger partial charge in [-0.1, -0.05) is 68.4 Å². The van der Waals surface area contributed by atoms with Crippen LogP contribution in [0.1, 0.15) is 36.5 Å². The molecule has 0 heterocycles. The van der Waals surface area contributed by atoms with Gasteiger partial charge in [-0.2, -0.15) is 9.41 Å². The van der Waals surface area contributed by atoms with E-state index in [0.717, 1.165) is 21.7 Å². The van der Waals surface area contributed by atoms with Crippen LogP contribution in [0, 0.1) is 0 Å². The molecule has 0 aliphatic rings. The van der Waals surface area contributed by atoms with Crippen LogP contribution in [0.25, 0.3) is 0 Å². The lowest BCUT2D eigenvalue weighted by Gasteiger charge is -2.18.